The van der Waals surface area contributed by atoms with Crippen molar-refractivity contribution in [2.45, 2.75) is 53.4 Å². The average Bonchev–Trinajstić information content (AvgIpc) is 2.52. The fourth-order valence-electron chi connectivity index (χ4n) is 1.09. The van der Waals surface area contributed by atoms with Crippen molar-refractivity contribution in [3.05, 3.63) is 35.9 Å². The lowest BCUT2D eigenvalue weighted by atomic mass is 10.2. The number of hydrogen-bond acceptors (Lipinski definition) is 4. The van der Waals surface area contributed by atoms with Crippen molar-refractivity contribution in [2.24, 2.45) is 0 Å². The molecule has 118 valence electrons. The Morgan fingerprint density at radius 3 is 1.80 bits per heavy atom. The Hall–Kier alpha value is -0.420. The highest BCUT2D eigenvalue weighted by molar-refractivity contribution is 8.07. The number of unbranched alkanes of at least 4 members (excludes halogenated alkanes) is 1. The highest BCUT2D eigenvalue weighted by Gasteiger charge is 1.80. The van der Waals surface area contributed by atoms with Gasteiger partial charge in [-0.15, -0.1) is 0 Å². The summed E-state index contributed by atoms with van der Waals surface area (Å²) in [4.78, 5) is 0. The molecule has 1 rings (SSSR count). The molecule has 0 saturated heterocycles. The first kappa shape index (κ1) is 24.6. The molecule has 0 bridgehead atoms. The topological polar surface area (TPSA) is 32.3 Å². The summed E-state index contributed by atoms with van der Waals surface area (Å²) in [5, 5.41) is 11.0. The lowest BCUT2D eigenvalue weighted by Gasteiger charge is -1.94. The van der Waals surface area contributed by atoms with Crippen molar-refractivity contribution in [1.82, 2.24) is 5.32 Å². The smallest absolute Gasteiger partial charge is 0.0931 e. The highest BCUT2D eigenvalue weighted by atomic mass is 32.8. The zero-order chi connectivity index (χ0) is 16.1. The van der Waals surface area contributed by atoms with E-state index in [1.165, 1.54) is 18.4 Å². The molecule has 0 aliphatic carbocycles. The third-order valence-electron chi connectivity index (χ3n) is 2.07. The minimum Gasteiger partial charge on any atom is -0.381 e. The van der Waals surface area contributed by atoms with Crippen LogP contribution < -0.4 is 5.32 Å². The molecule has 1 aromatic carbocycles. The Bertz CT molecular complexity index is 241. The molecular formula is C16H31NOS2. The van der Waals surface area contributed by atoms with Crippen LogP contribution in [0, 0.1) is 0 Å². The fraction of sp³-hybridized carbons (Fsp3) is 0.625. The van der Waals surface area contributed by atoms with E-state index >= 15 is 0 Å². The first-order valence-electron chi connectivity index (χ1n) is 7.28. The van der Waals surface area contributed by atoms with Gasteiger partial charge in [0, 0.05) is 22.4 Å². The molecule has 2 N–H and O–H groups in total. The monoisotopic (exact) mass is 317 g/mol. The SMILES string of the molecule is CCC.CCCCNCO.CCc1ccccc1.S=S. The molecule has 0 atom stereocenters. The van der Waals surface area contributed by atoms with Crippen LogP contribution in [-0.2, 0) is 28.8 Å². The molecule has 0 radical (unpaired) electrons. The maximum Gasteiger partial charge on any atom is 0.0931 e. The van der Waals surface area contributed by atoms with Gasteiger partial charge in [-0.25, -0.2) is 0 Å². The van der Waals surface area contributed by atoms with Crippen LogP contribution in [0.25, 0.3) is 0 Å². The quantitative estimate of drug-likeness (QED) is 0.635. The first-order valence-corrected chi connectivity index (χ1v) is 8.62. The number of rotatable bonds is 5. The molecule has 0 spiro atoms. The summed E-state index contributed by atoms with van der Waals surface area (Å²) in [6.07, 6.45) is 4.73. The largest absolute Gasteiger partial charge is 0.381 e. The Labute approximate surface area is 135 Å². The fourth-order valence-corrected chi connectivity index (χ4v) is 1.09. The van der Waals surface area contributed by atoms with Gasteiger partial charge in [-0.1, -0.05) is 70.9 Å². The highest BCUT2D eigenvalue weighted by Crippen LogP contribution is 1.96. The molecule has 0 amide bonds. The number of hydrogen-bond donors (Lipinski definition) is 2. The van der Waals surface area contributed by atoms with Crippen LogP contribution in [0.15, 0.2) is 30.3 Å². The summed E-state index contributed by atoms with van der Waals surface area (Å²) in [5.41, 5.74) is 1.41. The predicted molar refractivity (Wildman–Crippen MR) is 96.5 cm³/mol. The molecule has 4 heteroatoms. The lowest BCUT2D eigenvalue weighted by Crippen LogP contribution is -2.15. The van der Waals surface area contributed by atoms with Crippen molar-refractivity contribution >= 4 is 22.4 Å². The molecule has 2 nitrogen and oxygen atoms in total. The van der Waals surface area contributed by atoms with Gasteiger partial charge >= 0.3 is 0 Å². The van der Waals surface area contributed by atoms with E-state index in [0.717, 1.165) is 19.4 Å². The second-order valence-electron chi connectivity index (χ2n) is 4.06. The number of aliphatic hydroxyl groups is 1. The predicted octanol–water partition coefficient (Wildman–Crippen LogP) is 3.99. The summed E-state index contributed by atoms with van der Waals surface area (Å²) < 4.78 is 0. The van der Waals surface area contributed by atoms with Crippen LogP contribution in [0.2, 0.25) is 0 Å². The summed E-state index contributed by atoms with van der Waals surface area (Å²) in [5.74, 6) is 0. The Kier molecular flexibility index (Phi) is 33.2. The van der Waals surface area contributed by atoms with E-state index in [-0.39, 0.29) is 6.73 Å². The molecule has 0 unspecified atom stereocenters. The van der Waals surface area contributed by atoms with E-state index in [4.69, 9.17) is 5.11 Å². The number of nitrogens with one attached hydrogen (secondary N) is 1. The Morgan fingerprint density at radius 2 is 1.50 bits per heavy atom. The van der Waals surface area contributed by atoms with Gasteiger partial charge < -0.3 is 5.11 Å². The third-order valence-corrected chi connectivity index (χ3v) is 2.07. The zero-order valence-electron chi connectivity index (χ0n) is 13.4. The van der Waals surface area contributed by atoms with Crippen molar-refractivity contribution in [1.29, 1.82) is 0 Å². The van der Waals surface area contributed by atoms with E-state index < -0.39 is 0 Å². The number of aliphatic hydroxyl groups excluding tert-OH is 1. The Balaban J connectivity index is -0.000000221. The molecule has 0 aromatic heterocycles. The van der Waals surface area contributed by atoms with Gasteiger partial charge in [-0.05, 0) is 24.9 Å². The van der Waals surface area contributed by atoms with E-state index in [1.807, 2.05) is 6.07 Å². The van der Waals surface area contributed by atoms with Gasteiger partial charge in [0.1, 0.15) is 0 Å². The molecule has 0 saturated carbocycles. The van der Waals surface area contributed by atoms with Gasteiger partial charge in [0.15, 0.2) is 0 Å². The molecule has 0 heterocycles. The molecule has 0 aliphatic heterocycles. The van der Waals surface area contributed by atoms with Crippen LogP contribution in [0.4, 0.5) is 0 Å². The molecule has 20 heavy (non-hydrogen) atoms. The number of aryl methyl sites for hydroxylation is 1. The minimum absolute atomic E-state index is 0.111. The van der Waals surface area contributed by atoms with Gasteiger partial charge in [0.05, 0.1) is 6.73 Å². The number of benzene rings is 1. The van der Waals surface area contributed by atoms with Gasteiger partial charge in [-0.3, -0.25) is 5.32 Å². The minimum atomic E-state index is 0.111. The van der Waals surface area contributed by atoms with E-state index in [0.29, 0.717) is 0 Å². The van der Waals surface area contributed by atoms with E-state index in [1.54, 1.807) is 0 Å². The standard InChI is InChI=1S/C8H10.C5H13NO.C3H8.S2/c1-2-8-6-4-3-5-7-8;1-2-3-4-6-5-7;1-3-2;1-2/h3-7H,2H2,1H3;6-7H,2-5H2,1H3;3H2,1-2H3;. The van der Waals surface area contributed by atoms with Crippen molar-refractivity contribution in [2.75, 3.05) is 13.3 Å². The van der Waals surface area contributed by atoms with Crippen LogP contribution in [0.5, 0.6) is 0 Å². The lowest BCUT2D eigenvalue weighted by molar-refractivity contribution is 0.260. The van der Waals surface area contributed by atoms with Crippen LogP contribution in [0.1, 0.15) is 52.5 Å². The molecule has 0 aliphatic rings. The van der Waals surface area contributed by atoms with Crippen LogP contribution in [0.3, 0.4) is 0 Å². The summed E-state index contributed by atoms with van der Waals surface area (Å²) in [6, 6.07) is 10.5. The van der Waals surface area contributed by atoms with Gasteiger partial charge in [0.2, 0.25) is 0 Å². The summed E-state index contributed by atoms with van der Waals surface area (Å²) in [7, 11) is 0. The van der Waals surface area contributed by atoms with Gasteiger partial charge in [0.25, 0.3) is 0 Å². The maximum atomic E-state index is 8.18. The summed E-state index contributed by atoms with van der Waals surface area (Å²) >= 11 is 7.33. The van der Waals surface area contributed by atoms with Crippen molar-refractivity contribution < 1.29 is 5.11 Å². The second kappa shape index (κ2) is 27.0. The second-order valence-corrected chi connectivity index (χ2v) is 4.06. The molecular weight excluding hydrogens is 286 g/mol. The maximum absolute atomic E-state index is 8.18. The Morgan fingerprint density at radius 1 is 1.00 bits per heavy atom. The zero-order valence-corrected chi connectivity index (χ0v) is 15.0. The average molecular weight is 318 g/mol. The van der Waals surface area contributed by atoms with Crippen molar-refractivity contribution in [3.8, 4) is 0 Å². The van der Waals surface area contributed by atoms with Gasteiger partial charge in [-0.2, -0.15) is 0 Å². The molecule has 0 fully saturated rings. The first-order chi connectivity index (χ1) is 9.76. The van der Waals surface area contributed by atoms with Crippen LogP contribution >= 0.6 is 0 Å². The van der Waals surface area contributed by atoms with Crippen molar-refractivity contribution in [3.63, 3.8) is 0 Å². The third kappa shape index (κ3) is 26.2. The normalized spacial score (nSPS) is 8.05. The van der Waals surface area contributed by atoms with Crippen LogP contribution in [-0.4, -0.2) is 18.4 Å². The summed E-state index contributed by atoms with van der Waals surface area (Å²) in [6.45, 7) is 9.58. The van der Waals surface area contributed by atoms with E-state index in [2.05, 4.69) is 79.7 Å². The van der Waals surface area contributed by atoms with E-state index in [9.17, 15) is 0 Å². The molecule has 1 aromatic rings.